The molecule has 3 aromatic rings. The number of para-hydroxylation sites is 1. The summed E-state index contributed by atoms with van der Waals surface area (Å²) in [5.74, 6) is -0.199. The van der Waals surface area contributed by atoms with Crippen molar-refractivity contribution in [3.05, 3.63) is 78.0 Å². The van der Waals surface area contributed by atoms with Gasteiger partial charge in [-0.3, -0.25) is 9.59 Å². The van der Waals surface area contributed by atoms with Crippen LogP contribution < -0.4 is 0 Å². The fourth-order valence-corrected chi connectivity index (χ4v) is 6.18. The molecule has 0 aliphatic carbocycles. The fraction of sp³-hybridized carbons (Fsp3) is 0.457. The second kappa shape index (κ2) is 13.2. The molecule has 2 atom stereocenters. The third-order valence-corrected chi connectivity index (χ3v) is 8.25. The van der Waals surface area contributed by atoms with E-state index in [9.17, 15) is 14.4 Å². The number of hydrogen-bond donors (Lipinski definition) is 0. The normalized spacial score (nSPS) is 20.0. The number of nitrogens with zero attached hydrogens (tertiary/aromatic N) is 3. The number of Topliss-reactive ketones (excluding diaryl/α,β-unsaturated/α-hetero) is 1. The van der Waals surface area contributed by atoms with Crippen molar-refractivity contribution in [3.63, 3.8) is 0 Å². The van der Waals surface area contributed by atoms with Crippen LogP contribution >= 0.6 is 0 Å². The van der Waals surface area contributed by atoms with Gasteiger partial charge < -0.3 is 23.8 Å². The molecule has 2 aliphatic rings. The number of carbonyl (C=O) groups excluding carboxylic acids is 3. The monoisotopic (exact) mass is 585 g/mol. The number of morpholine rings is 1. The Balaban J connectivity index is 1.46. The lowest BCUT2D eigenvalue weighted by Gasteiger charge is -2.36. The van der Waals surface area contributed by atoms with E-state index in [-0.39, 0.29) is 36.2 Å². The van der Waals surface area contributed by atoms with Crippen LogP contribution in [0.15, 0.2) is 66.7 Å². The Labute approximate surface area is 254 Å². The number of likely N-dealkylation sites (tertiary alicyclic amines) is 1. The first kappa shape index (κ1) is 30.5. The number of aromatic nitrogens is 1. The van der Waals surface area contributed by atoms with Gasteiger partial charge in [0, 0.05) is 49.0 Å². The highest BCUT2D eigenvalue weighted by atomic mass is 16.6. The van der Waals surface area contributed by atoms with Gasteiger partial charge in [-0.2, -0.15) is 0 Å². The summed E-state index contributed by atoms with van der Waals surface area (Å²) in [6.45, 7) is 10.2. The molecule has 8 heteroatoms. The lowest BCUT2D eigenvalue weighted by atomic mass is 9.84. The van der Waals surface area contributed by atoms with E-state index in [1.165, 1.54) is 0 Å². The predicted octanol–water partition coefficient (Wildman–Crippen LogP) is 6.15. The summed E-state index contributed by atoms with van der Waals surface area (Å²) in [7, 11) is 0. The maximum Gasteiger partial charge on any atom is 0.410 e. The van der Waals surface area contributed by atoms with E-state index in [2.05, 4.69) is 16.7 Å². The summed E-state index contributed by atoms with van der Waals surface area (Å²) < 4.78 is 13.2. The van der Waals surface area contributed by atoms with Crippen LogP contribution in [0.5, 0.6) is 0 Å². The topological polar surface area (TPSA) is 81.1 Å². The third-order valence-electron chi connectivity index (χ3n) is 8.25. The minimum atomic E-state index is -0.632. The first-order valence-electron chi connectivity index (χ1n) is 15.3. The molecular weight excluding hydrogens is 542 g/mol. The van der Waals surface area contributed by atoms with Crippen molar-refractivity contribution in [1.82, 2.24) is 14.4 Å². The molecule has 1 aromatic heterocycles. The SMILES string of the molecule is Cc1cc(C(=O)C2CC[C@H](CN3CCOCC3=O)CN(C(=O)OC(C)(C)C)CC2)c(-c2ccccc2)n1-c1ccccc1. The minimum Gasteiger partial charge on any atom is -0.444 e. The van der Waals surface area contributed by atoms with Gasteiger partial charge >= 0.3 is 6.09 Å². The van der Waals surface area contributed by atoms with E-state index >= 15 is 0 Å². The van der Waals surface area contributed by atoms with E-state index in [0.717, 1.165) is 29.1 Å². The van der Waals surface area contributed by atoms with Crippen LogP contribution in [-0.2, 0) is 14.3 Å². The van der Waals surface area contributed by atoms with E-state index in [1.54, 1.807) is 4.90 Å². The van der Waals surface area contributed by atoms with Crippen LogP contribution in [0.2, 0.25) is 0 Å². The highest BCUT2D eigenvalue weighted by Crippen LogP contribution is 2.35. The molecule has 0 N–H and O–H groups in total. The molecule has 0 radical (unpaired) electrons. The molecule has 0 bridgehead atoms. The molecule has 8 nitrogen and oxygen atoms in total. The minimum absolute atomic E-state index is 0.0226. The molecule has 2 amide bonds. The Morgan fingerprint density at radius 2 is 1.65 bits per heavy atom. The summed E-state index contributed by atoms with van der Waals surface area (Å²) in [5.41, 5.74) is 3.91. The number of ether oxygens (including phenoxy) is 2. The maximum absolute atomic E-state index is 14.5. The number of amides is 2. The van der Waals surface area contributed by atoms with Gasteiger partial charge in [-0.25, -0.2) is 4.79 Å². The summed E-state index contributed by atoms with van der Waals surface area (Å²) >= 11 is 0. The van der Waals surface area contributed by atoms with Crippen molar-refractivity contribution in [2.24, 2.45) is 11.8 Å². The molecule has 43 heavy (non-hydrogen) atoms. The first-order valence-corrected chi connectivity index (χ1v) is 15.3. The first-order chi connectivity index (χ1) is 20.6. The van der Waals surface area contributed by atoms with E-state index in [0.29, 0.717) is 51.2 Å². The van der Waals surface area contributed by atoms with Crippen molar-refractivity contribution in [3.8, 4) is 16.9 Å². The number of ketones is 1. The van der Waals surface area contributed by atoms with E-state index in [1.807, 2.05) is 87.2 Å². The van der Waals surface area contributed by atoms with Crippen LogP contribution in [0, 0.1) is 18.8 Å². The van der Waals surface area contributed by atoms with Gasteiger partial charge in [-0.1, -0.05) is 48.5 Å². The molecule has 1 unspecified atom stereocenters. The van der Waals surface area contributed by atoms with Crippen molar-refractivity contribution in [2.45, 2.75) is 52.6 Å². The molecule has 2 saturated heterocycles. The zero-order chi connectivity index (χ0) is 30.6. The van der Waals surface area contributed by atoms with Gasteiger partial charge in [0.2, 0.25) is 5.91 Å². The molecule has 5 rings (SSSR count). The highest BCUT2D eigenvalue weighted by molar-refractivity contribution is 6.04. The fourth-order valence-electron chi connectivity index (χ4n) is 6.18. The third kappa shape index (κ3) is 7.36. The Kier molecular flexibility index (Phi) is 9.35. The molecular formula is C35H43N3O5. The Bertz CT molecular complexity index is 1430. The van der Waals surface area contributed by atoms with Crippen molar-refractivity contribution < 1.29 is 23.9 Å². The number of rotatable bonds is 6. The average Bonchev–Trinajstić information content (AvgIpc) is 3.32. The zero-order valence-corrected chi connectivity index (χ0v) is 25.8. The quantitative estimate of drug-likeness (QED) is 0.324. The maximum atomic E-state index is 14.5. The second-order valence-corrected chi connectivity index (χ2v) is 12.7. The summed E-state index contributed by atoms with van der Waals surface area (Å²) in [6, 6.07) is 22.2. The van der Waals surface area contributed by atoms with Crippen LogP contribution in [0.1, 0.15) is 56.1 Å². The smallest absolute Gasteiger partial charge is 0.410 e. The van der Waals surface area contributed by atoms with Crippen LogP contribution in [0.4, 0.5) is 4.79 Å². The van der Waals surface area contributed by atoms with Crippen LogP contribution in [-0.4, -0.2) is 77.1 Å². The Hall–Kier alpha value is -3.91. The molecule has 228 valence electrons. The number of aryl methyl sites for hydroxylation is 1. The van der Waals surface area contributed by atoms with Gasteiger partial charge in [0.15, 0.2) is 5.78 Å². The molecule has 2 aliphatic heterocycles. The molecule has 0 saturated carbocycles. The van der Waals surface area contributed by atoms with Gasteiger partial charge in [0.25, 0.3) is 0 Å². The number of carbonyl (C=O) groups is 3. The predicted molar refractivity (Wildman–Crippen MR) is 166 cm³/mol. The van der Waals surface area contributed by atoms with Crippen molar-refractivity contribution in [2.75, 3.05) is 39.4 Å². The lowest BCUT2D eigenvalue weighted by molar-refractivity contribution is -0.143. The van der Waals surface area contributed by atoms with Gasteiger partial charge in [-0.15, -0.1) is 0 Å². The summed E-state index contributed by atoms with van der Waals surface area (Å²) in [4.78, 5) is 43.9. The molecule has 0 spiro atoms. The molecule has 2 fully saturated rings. The largest absolute Gasteiger partial charge is 0.444 e. The number of hydrogen-bond acceptors (Lipinski definition) is 5. The average molecular weight is 586 g/mol. The lowest BCUT2D eigenvalue weighted by Crippen LogP contribution is -2.48. The van der Waals surface area contributed by atoms with Crippen molar-refractivity contribution >= 4 is 17.8 Å². The standard InChI is InChI=1S/C35H43N3O5/c1-25-21-30(32(27-11-7-5-8-12-27)38(25)29-13-9-6-10-14-29)33(40)28-16-15-26(22-36-19-20-42-24-31(36)39)23-37(18-17-28)34(41)43-35(2,3)4/h5-14,21,26,28H,15-20,22-24H2,1-4H3/t26-,28?/m1/s1. The van der Waals surface area contributed by atoms with Crippen molar-refractivity contribution in [1.29, 1.82) is 0 Å². The van der Waals surface area contributed by atoms with Crippen LogP contribution in [0.25, 0.3) is 16.9 Å². The van der Waals surface area contributed by atoms with Gasteiger partial charge in [0.05, 0.1) is 12.3 Å². The highest BCUT2D eigenvalue weighted by Gasteiger charge is 2.34. The molecule has 3 heterocycles. The summed E-state index contributed by atoms with van der Waals surface area (Å²) in [5, 5.41) is 0. The van der Waals surface area contributed by atoms with E-state index < -0.39 is 5.60 Å². The zero-order valence-electron chi connectivity index (χ0n) is 25.8. The van der Waals surface area contributed by atoms with E-state index in [4.69, 9.17) is 9.47 Å². The van der Waals surface area contributed by atoms with Gasteiger partial charge in [0.1, 0.15) is 12.2 Å². The number of benzene rings is 2. The summed E-state index contributed by atoms with van der Waals surface area (Å²) in [6.07, 6.45) is 1.58. The Morgan fingerprint density at radius 3 is 2.33 bits per heavy atom. The molecule has 2 aromatic carbocycles. The Morgan fingerprint density at radius 1 is 0.953 bits per heavy atom. The second-order valence-electron chi connectivity index (χ2n) is 12.7. The van der Waals surface area contributed by atoms with Gasteiger partial charge in [-0.05, 0) is 76.6 Å². The van der Waals surface area contributed by atoms with Crippen LogP contribution in [0.3, 0.4) is 0 Å².